The fourth-order valence-electron chi connectivity index (χ4n) is 2.09. The highest BCUT2D eigenvalue weighted by Gasteiger charge is 2.18. The van der Waals surface area contributed by atoms with E-state index in [2.05, 4.69) is 4.74 Å². The van der Waals surface area contributed by atoms with E-state index in [-0.39, 0.29) is 30.2 Å². The third kappa shape index (κ3) is 4.79. The molecule has 0 aliphatic heterocycles. The van der Waals surface area contributed by atoms with Crippen LogP contribution in [0.25, 0.3) is 0 Å². The molecule has 0 heterocycles. The zero-order valence-electron chi connectivity index (χ0n) is 12.8. The zero-order chi connectivity index (χ0) is 15.8. The molecule has 1 N–H and O–H groups in total. The van der Waals surface area contributed by atoms with Gasteiger partial charge in [0.05, 0.1) is 26.7 Å². The molecule has 0 fully saturated rings. The van der Waals surface area contributed by atoms with Crippen LogP contribution in [-0.2, 0) is 14.3 Å². The fraction of sp³-hybridized carbons (Fsp3) is 0.438. The Morgan fingerprint density at radius 3 is 2.62 bits per heavy atom. The van der Waals surface area contributed by atoms with Crippen molar-refractivity contribution in [2.24, 2.45) is 5.92 Å². The number of ether oxygens (including phenoxy) is 3. The Bertz CT molecular complexity index is 495. The average Bonchev–Trinajstić information content (AvgIpc) is 2.49. The van der Waals surface area contributed by atoms with Gasteiger partial charge in [0.25, 0.3) is 0 Å². The van der Waals surface area contributed by atoms with Crippen LogP contribution in [0.2, 0.25) is 0 Å². The number of benzene rings is 1. The minimum atomic E-state index is -0.279. The Morgan fingerprint density at radius 2 is 2.05 bits per heavy atom. The molecule has 0 radical (unpaired) electrons. The van der Waals surface area contributed by atoms with Gasteiger partial charge in [-0.2, -0.15) is 0 Å². The van der Waals surface area contributed by atoms with Crippen LogP contribution in [-0.4, -0.2) is 32.4 Å². The highest BCUT2D eigenvalue weighted by molar-refractivity contribution is 5.70. The molecule has 1 aromatic rings. The molecular formula is C16H22O5. The summed E-state index contributed by atoms with van der Waals surface area (Å²) in [5, 5.41) is 9.63. The van der Waals surface area contributed by atoms with Crippen molar-refractivity contribution in [3.63, 3.8) is 0 Å². The van der Waals surface area contributed by atoms with Gasteiger partial charge in [0.1, 0.15) is 0 Å². The second-order valence-electron chi connectivity index (χ2n) is 4.66. The van der Waals surface area contributed by atoms with Gasteiger partial charge in [-0.05, 0) is 17.7 Å². The predicted octanol–water partition coefficient (Wildman–Crippen LogP) is 2.84. The van der Waals surface area contributed by atoms with Gasteiger partial charge in [-0.25, -0.2) is 0 Å². The predicted molar refractivity (Wildman–Crippen MR) is 79.3 cm³/mol. The number of methoxy groups -OCH3 is 3. The number of carbonyl (C=O) groups excluding carboxylic acids is 1. The minimum absolute atomic E-state index is 0.0499. The summed E-state index contributed by atoms with van der Waals surface area (Å²) in [7, 11) is 4.48. The quantitative estimate of drug-likeness (QED) is 0.619. The number of aromatic hydroxyl groups is 1. The van der Waals surface area contributed by atoms with Gasteiger partial charge in [0.2, 0.25) is 0 Å². The second-order valence-corrected chi connectivity index (χ2v) is 4.66. The first-order valence-corrected chi connectivity index (χ1v) is 6.66. The summed E-state index contributed by atoms with van der Waals surface area (Å²) in [6, 6.07) is 5.11. The molecule has 21 heavy (non-hydrogen) atoms. The van der Waals surface area contributed by atoms with Crippen molar-refractivity contribution >= 4 is 5.97 Å². The van der Waals surface area contributed by atoms with Crippen molar-refractivity contribution in [1.29, 1.82) is 0 Å². The van der Waals surface area contributed by atoms with Gasteiger partial charge < -0.3 is 19.3 Å². The van der Waals surface area contributed by atoms with E-state index >= 15 is 0 Å². The lowest BCUT2D eigenvalue weighted by Crippen LogP contribution is -2.10. The van der Waals surface area contributed by atoms with Crippen molar-refractivity contribution < 1.29 is 24.1 Å². The molecular weight excluding hydrogens is 272 g/mol. The molecule has 116 valence electrons. The molecule has 0 amide bonds. The van der Waals surface area contributed by atoms with Crippen molar-refractivity contribution in [3.05, 3.63) is 35.9 Å². The van der Waals surface area contributed by atoms with Crippen molar-refractivity contribution in [2.45, 2.75) is 19.4 Å². The number of hydrogen-bond donors (Lipinski definition) is 1. The van der Waals surface area contributed by atoms with Crippen LogP contribution < -0.4 is 4.74 Å². The molecule has 2 atom stereocenters. The molecule has 0 aliphatic carbocycles. The molecule has 5 nitrogen and oxygen atoms in total. The number of hydrogen-bond acceptors (Lipinski definition) is 5. The van der Waals surface area contributed by atoms with Gasteiger partial charge in [-0.15, -0.1) is 0 Å². The third-order valence-electron chi connectivity index (χ3n) is 3.22. The van der Waals surface area contributed by atoms with Crippen LogP contribution >= 0.6 is 0 Å². The smallest absolute Gasteiger partial charge is 0.309 e. The maximum absolute atomic E-state index is 11.1. The van der Waals surface area contributed by atoms with Crippen LogP contribution in [0.3, 0.4) is 0 Å². The Balaban J connectivity index is 2.84. The molecule has 0 saturated heterocycles. The topological polar surface area (TPSA) is 65.0 Å². The maximum atomic E-state index is 11.1. The Kier molecular flexibility index (Phi) is 6.75. The summed E-state index contributed by atoms with van der Waals surface area (Å²) in [6.07, 6.45) is 3.70. The zero-order valence-corrected chi connectivity index (χ0v) is 12.8. The van der Waals surface area contributed by atoms with Crippen LogP contribution in [0.4, 0.5) is 0 Å². The van der Waals surface area contributed by atoms with Gasteiger partial charge in [-0.1, -0.05) is 25.1 Å². The summed E-state index contributed by atoms with van der Waals surface area (Å²) in [5.74, 6) is 0.262. The summed E-state index contributed by atoms with van der Waals surface area (Å²) < 4.78 is 15.2. The summed E-state index contributed by atoms with van der Waals surface area (Å²) in [5.41, 5.74) is 0.891. The molecule has 0 spiro atoms. The Morgan fingerprint density at radius 1 is 1.33 bits per heavy atom. The summed E-state index contributed by atoms with van der Waals surface area (Å²) in [4.78, 5) is 11.1. The lowest BCUT2D eigenvalue weighted by Gasteiger charge is -2.21. The van der Waals surface area contributed by atoms with Crippen LogP contribution in [0.15, 0.2) is 30.4 Å². The van der Waals surface area contributed by atoms with E-state index in [0.29, 0.717) is 5.75 Å². The third-order valence-corrected chi connectivity index (χ3v) is 3.22. The maximum Gasteiger partial charge on any atom is 0.309 e. The van der Waals surface area contributed by atoms with E-state index in [1.807, 2.05) is 13.0 Å². The Hall–Kier alpha value is -2.01. The first kappa shape index (κ1) is 17.0. The van der Waals surface area contributed by atoms with E-state index < -0.39 is 0 Å². The van der Waals surface area contributed by atoms with Gasteiger partial charge in [-0.3, -0.25) is 4.79 Å². The van der Waals surface area contributed by atoms with E-state index in [9.17, 15) is 9.90 Å². The first-order chi connectivity index (χ1) is 10.0. The normalized spacial score (nSPS) is 13.9. The molecule has 1 rings (SSSR count). The van der Waals surface area contributed by atoms with E-state index in [0.717, 1.165) is 5.56 Å². The van der Waals surface area contributed by atoms with Gasteiger partial charge in [0, 0.05) is 13.0 Å². The molecule has 0 aromatic heterocycles. The number of carbonyl (C=O) groups is 1. The number of rotatable bonds is 7. The highest BCUT2D eigenvalue weighted by atomic mass is 16.5. The molecule has 0 saturated carbocycles. The second kappa shape index (κ2) is 8.32. The first-order valence-electron chi connectivity index (χ1n) is 6.66. The molecule has 0 aliphatic rings. The van der Waals surface area contributed by atoms with Crippen LogP contribution in [0.5, 0.6) is 11.5 Å². The monoisotopic (exact) mass is 294 g/mol. The molecule has 1 aromatic carbocycles. The SMILES string of the molecule is COC(=O)C/C=C/[C@@H](C)[C@H](OC)c1ccc(O)c(OC)c1. The summed E-state index contributed by atoms with van der Waals surface area (Å²) >= 11 is 0. The number of phenolic OH excluding ortho intramolecular Hbond substituents is 1. The number of phenols is 1. The fourth-order valence-corrected chi connectivity index (χ4v) is 2.09. The molecule has 5 heteroatoms. The van der Waals surface area contributed by atoms with E-state index in [1.165, 1.54) is 14.2 Å². The minimum Gasteiger partial charge on any atom is -0.504 e. The standard InChI is InChI=1S/C16H22O5/c1-11(6-5-7-15(18)20-3)16(21-4)12-8-9-13(17)14(10-12)19-2/h5-6,8-11,16-17H,7H2,1-4H3/b6-5+/t11-,16+/m1/s1. The van der Waals surface area contributed by atoms with Gasteiger partial charge >= 0.3 is 5.97 Å². The lowest BCUT2D eigenvalue weighted by atomic mass is 9.96. The highest BCUT2D eigenvalue weighted by Crippen LogP contribution is 2.33. The molecule has 0 unspecified atom stereocenters. The Labute approximate surface area is 125 Å². The van der Waals surface area contributed by atoms with E-state index in [1.54, 1.807) is 31.4 Å². The van der Waals surface area contributed by atoms with E-state index in [4.69, 9.17) is 9.47 Å². The summed E-state index contributed by atoms with van der Waals surface area (Å²) in [6.45, 7) is 1.99. The van der Waals surface area contributed by atoms with Gasteiger partial charge in [0.15, 0.2) is 11.5 Å². The molecule has 0 bridgehead atoms. The average molecular weight is 294 g/mol. The lowest BCUT2D eigenvalue weighted by molar-refractivity contribution is -0.139. The van der Waals surface area contributed by atoms with Crippen molar-refractivity contribution in [2.75, 3.05) is 21.3 Å². The van der Waals surface area contributed by atoms with Crippen LogP contribution in [0.1, 0.15) is 25.0 Å². The van der Waals surface area contributed by atoms with Crippen molar-refractivity contribution in [3.8, 4) is 11.5 Å². The largest absolute Gasteiger partial charge is 0.504 e. The number of esters is 1. The van der Waals surface area contributed by atoms with Crippen LogP contribution in [0, 0.1) is 5.92 Å². The van der Waals surface area contributed by atoms with Crippen molar-refractivity contribution in [1.82, 2.24) is 0 Å².